The van der Waals surface area contributed by atoms with Crippen molar-refractivity contribution in [2.24, 2.45) is 0 Å². The van der Waals surface area contributed by atoms with Crippen LogP contribution < -0.4 is 4.74 Å². The zero-order valence-electron chi connectivity index (χ0n) is 14.4. The van der Waals surface area contributed by atoms with Gasteiger partial charge in [-0.2, -0.15) is 0 Å². The van der Waals surface area contributed by atoms with Crippen LogP contribution in [0.4, 0.5) is 0 Å². The molecule has 0 aromatic heterocycles. The van der Waals surface area contributed by atoms with Crippen molar-refractivity contribution in [3.63, 3.8) is 0 Å². The Morgan fingerprint density at radius 1 is 0.778 bits per heavy atom. The number of carbonyl (C=O) groups excluding carboxylic acids is 1. The van der Waals surface area contributed by atoms with Gasteiger partial charge in [0, 0.05) is 0 Å². The van der Waals surface area contributed by atoms with Gasteiger partial charge in [0.1, 0.15) is 10.9 Å². The Bertz CT molecular complexity index is 897. The lowest BCUT2D eigenvalue weighted by Gasteiger charge is -2.34. The molecule has 0 bridgehead atoms. The number of benzene rings is 3. The molecule has 2 N–H and O–H groups in total. The number of hydrogen-bond acceptors (Lipinski definition) is 3. The Balaban J connectivity index is 2.09. The molecule has 3 aromatic carbocycles. The topological polar surface area (TPSA) is 83.8 Å². The molecule has 0 spiro atoms. The third-order valence-corrected chi connectivity index (χ3v) is 6.04. The van der Waals surface area contributed by atoms with Crippen molar-refractivity contribution in [2.75, 3.05) is 0 Å². The largest absolute Gasteiger partial charge is 0.426 e. The van der Waals surface area contributed by atoms with Gasteiger partial charge >= 0.3 is 13.6 Å². The number of carbonyl (C=O) groups is 1. The molecular weight excluding hydrogens is 363 g/mol. The summed E-state index contributed by atoms with van der Waals surface area (Å²) in [5, 5.41) is -1.83. The lowest BCUT2D eigenvalue weighted by molar-refractivity contribution is -0.135. The van der Waals surface area contributed by atoms with Crippen LogP contribution in [0.3, 0.4) is 0 Å². The van der Waals surface area contributed by atoms with Crippen LogP contribution in [0.25, 0.3) is 0 Å². The monoisotopic (exact) mass is 382 g/mol. The maximum absolute atomic E-state index is 12.7. The summed E-state index contributed by atoms with van der Waals surface area (Å²) in [6.45, 7) is 0. The number of esters is 1. The highest BCUT2D eigenvalue weighted by molar-refractivity contribution is 7.53. The minimum Gasteiger partial charge on any atom is -0.426 e. The third-order valence-electron chi connectivity index (χ3n) is 4.38. The van der Waals surface area contributed by atoms with E-state index >= 15 is 0 Å². The van der Waals surface area contributed by atoms with E-state index in [1.807, 2.05) is 0 Å². The predicted octanol–water partition coefficient (Wildman–Crippen LogP) is 4.10. The van der Waals surface area contributed by atoms with Crippen LogP contribution in [0.2, 0.25) is 0 Å². The molecule has 27 heavy (non-hydrogen) atoms. The molecule has 6 heteroatoms. The Morgan fingerprint density at radius 3 is 1.59 bits per heavy atom. The quantitative estimate of drug-likeness (QED) is 0.381. The summed E-state index contributed by atoms with van der Waals surface area (Å²) < 4.78 is 18.1. The molecule has 0 unspecified atom stereocenters. The first kappa shape index (κ1) is 19.1. The predicted molar refractivity (Wildman–Crippen MR) is 102 cm³/mol. The van der Waals surface area contributed by atoms with Crippen molar-refractivity contribution in [2.45, 2.75) is 11.6 Å². The molecule has 138 valence electrons. The van der Waals surface area contributed by atoms with Crippen LogP contribution in [0.5, 0.6) is 5.75 Å². The van der Waals surface area contributed by atoms with Crippen LogP contribution in [-0.4, -0.2) is 15.8 Å². The second kappa shape index (κ2) is 7.89. The molecule has 0 amide bonds. The van der Waals surface area contributed by atoms with Crippen molar-refractivity contribution in [3.8, 4) is 5.75 Å². The SMILES string of the molecule is O=C(CC(c1ccccc1)(c1ccccc1)P(=O)(O)O)Oc1ccccc1. The molecular formula is C21H19O5P. The zero-order chi connectivity index (χ0) is 19.3. The molecule has 0 saturated heterocycles. The number of rotatable bonds is 6. The zero-order valence-corrected chi connectivity index (χ0v) is 15.3. The first-order valence-corrected chi connectivity index (χ1v) is 9.97. The molecule has 0 radical (unpaired) electrons. The van der Waals surface area contributed by atoms with E-state index in [0.717, 1.165) is 0 Å². The fraction of sp³-hybridized carbons (Fsp3) is 0.0952. The van der Waals surface area contributed by atoms with Gasteiger partial charge in [-0.1, -0.05) is 78.9 Å². The van der Waals surface area contributed by atoms with Crippen LogP contribution in [0.15, 0.2) is 91.0 Å². The van der Waals surface area contributed by atoms with Crippen molar-refractivity contribution in [1.29, 1.82) is 0 Å². The smallest absolute Gasteiger partial charge is 0.340 e. The van der Waals surface area contributed by atoms with Crippen LogP contribution in [0.1, 0.15) is 17.5 Å². The minimum absolute atomic E-state index is 0.322. The van der Waals surface area contributed by atoms with E-state index in [-0.39, 0.29) is 0 Å². The molecule has 0 saturated carbocycles. The highest BCUT2D eigenvalue weighted by atomic mass is 31.2. The van der Waals surface area contributed by atoms with E-state index in [4.69, 9.17) is 4.74 Å². The molecule has 0 heterocycles. The third kappa shape index (κ3) is 4.01. The summed E-state index contributed by atoms with van der Waals surface area (Å²) in [7, 11) is -4.81. The molecule has 3 rings (SSSR count). The summed E-state index contributed by atoms with van der Waals surface area (Å²) in [6.07, 6.45) is -0.500. The maximum Gasteiger partial charge on any atom is 0.340 e. The highest BCUT2D eigenvalue weighted by Crippen LogP contribution is 2.62. The molecule has 0 aliphatic carbocycles. The van der Waals surface area contributed by atoms with Crippen molar-refractivity contribution >= 4 is 13.6 Å². The molecule has 0 aliphatic rings. The van der Waals surface area contributed by atoms with Gasteiger partial charge in [-0.15, -0.1) is 0 Å². The van der Waals surface area contributed by atoms with Crippen molar-refractivity contribution in [1.82, 2.24) is 0 Å². The van der Waals surface area contributed by atoms with Crippen LogP contribution >= 0.6 is 7.60 Å². The first-order valence-electron chi connectivity index (χ1n) is 8.36. The van der Waals surface area contributed by atoms with Gasteiger partial charge in [0.15, 0.2) is 0 Å². The van der Waals surface area contributed by atoms with Gasteiger partial charge < -0.3 is 14.5 Å². The second-order valence-electron chi connectivity index (χ2n) is 6.10. The molecule has 0 fully saturated rings. The summed E-state index contributed by atoms with van der Waals surface area (Å²) >= 11 is 0. The maximum atomic E-state index is 12.7. The number of ether oxygens (including phenoxy) is 1. The molecule has 5 nitrogen and oxygen atoms in total. The fourth-order valence-corrected chi connectivity index (χ4v) is 4.41. The molecule has 0 atom stereocenters. The Kier molecular flexibility index (Phi) is 5.57. The van der Waals surface area contributed by atoms with Crippen molar-refractivity contribution < 1.29 is 23.9 Å². The van der Waals surface area contributed by atoms with Gasteiger partial charge in [-0.25, -0.2) is 0 Å². The van der Waals surface area contributed by atoms with E-state index in [2.05, 4.69) is 0 Å². The second-order valence-corrected chi connectivity index (χ2v) is 7.95. The van der Waals surface area contributed by atoms with Gasteiger partial charge in [0.25, 0.3) is 0 Å². The molecule has 0 aliphatic heterocycles. The van der Waals surface area contributed by atoms with Gasteiger partial charge in [0.2, 0.25) is 0 Å². The summed E-state index contributed by atoms with van der Waals surface area (Å²) in [5.74, 6) is -0.402. The molecule has 3 aromatic rings. The minimum atomic E-state index is -4.81. The van der Waals surface area contributed by atoms with E-state index in [1.165, 1.54) is 0 Å². The van der Waals surface area contributed by atoms with Crippen LogP contribution in [0, 0.1) is 0 Å². The van der Waals surface area contributed by atoms with E-state index in [0.29, 0.717) is 16.9 Å². The first-order chi connectivity index (χ1) is 12.9. The average Bonchev–Trinajstić information content (AvgIpc) is 2.67. The summed E-state index contributed by atoms with van der Waals surface area (Å²) in [5.41, 5.74) is 0.712. The fourth-order valence-electron chi connectivity index (χ4n) is 3.10. The van der Waals surface area contributed by atoms with Crippen molar-refractivity contribution in [3.05, 3.63) is 102 Å². The normalized spacial score (nSPS) is 11.8. The average molecular weight is 382 g/mol. The Hall–Kier alpha value is -2.72. The number of hydrogen-bond donors (Lipinski definition) is 2. The Labute approximate surface area is 157 Å². The Morgan fingerprint density at radius 2 is 1.19 bits per heavy atom. The summed E-state index contributed by atoms with van der Waals surface area (Å²) in [4.78, 5) is 33.4. The van der Waals surface area contributed by atoms with Gasteiger partial charge in [0.05, 0.1) is 6.42 Å². The van der Waals surface area contributed by atoms with Gasteiger partial charge in [-0.05, 0) is 23.3 Å². The van der Waals surface area contributed by atoms with Crippen LogP contribution in [-0.2, 0) is 14.5 Å². The lowest BCUT2D eigenvalue weighted by Crippen LogP contribution is -2.32. The standard InChI is InChI=1S/C21H19O5P/c22-20(26-19-14-8-3-9-15-19)16-21(27(23,24)25,17-10-4-1-5-11-17)18-12-6-2-7-13-18/h1-15H,16H2,(H2,23,24,25). The van der Waals surface area contributed by atoms with E-state index in [9.17, 15) is 19.1 Å². The number of para-hydroxylation sites is 1. The van der Waals surface area contributed by atoms with Gasteiger partial charge in [-0.3, -0.25) is 9.36 Å². The lowest BCUT2D eigenvalue weighted by atomic mass is 9.87. The van der Waals surface area contributed by atoms with E-state index in [1.54, 1.807) is 91.0 Å². The summed E-state index contributed by atoms with van der Waals surface area (Å²) in [6, 6.07) is 25.1. The highest BCUT2D eigenvalue weighted by Gasteiger charge is 2.51. The van der Waals surface area contributed by atoms with E-state index < -0.39 is 25.1 Å².